The van der Waals surface area contributed by atoms with Crippen LogP contribution in [0.4, 0.5) is 0 Å². The van der Waals surface area contributed by atoms with E-state index >= 15 is 0 Å². The minimum atomic E-state index is -1.56. The van der Waals surface area contributed by atoms with E-state index in [-0.39, 0.29) is 12.3 Å². The fraction of sp³-hybridized carbons (Fsp3) is 0.933. The Morgan fingerprint density at radius 3 is 2.45 bits per heavy atom. The van der Waals surface area contributed by atoms with Gasteiger partial charge >= 0.3 is 0 Å². The Morgan fingerprint density at radius 2 is 1.86 bits per heavy atom. The molecular formula is C15H29NO6. The summed E-state index contributed by atoms with van der Waals surface area (Å²) in [6.07, 6.45) is -0.521. The molecule has 1 fully saturated rings. The molecule has 1 heterocycles. The van der Waals surface area contributed by atoms with Gasteiger partial charge in [0.1, 0.15) is 24.4 Å². The Hall–Kier alpha value is -0.730. The second-order valence-corrected chi connectivity index (χ2v) is 5.75. The minimum absolute atomic E-state index is 0.220. The zero-order chi connectivity index (χ0) is 17.4. The molecule has 4 N–H and O–H groups in total. The van der Waals surface area contributed by atoms with E-state index in [0.29, 0.717) is 6.42 Å². The summed E-state index contributed by atoms with van der Waals surface area (Å²) >= 11 is 0. The SMILES string of the molecule is [2H]CN(C(=O)CCCCCCC)[C@H]1C(O)O[C@H](CO)[C@@H](O)[C@@H]1O. The molecule has 0 aromatic heterocycles. The number of unbranched alkanes of at least 4 members (excludes halogenated alkanes) is 4. The second-order valence-electron chi connectivity index (χ2n) is 5.75. The number of amides is 1. The highest BCUT2D eigenvalue weighted by molar-refractivity contribution is 5.76. The Morgan fingerprint density at radius 1 is 1.18 bits per heavy atom. The third kappa shape index (κ3) is 4.89. The molecule has 130 valence electrons. The lowest BCUT2D eigenvalue weighted by Crippen LogP contribution is -2.64. The van der Waals surface area contributed by atoms with Gasteiger partial charge in [0.05, 0.1) is 6.61 Å². The summed E-state index contributed by atoms with van der Waals surface area (Å²) in [6, 6.07) is -1.21. The van der Waals surface area contributed by atoms with Crippen LogP contribution in [0.15, 0.2) is 0 Å². The highest BCUT2D eigenvalue weighted by Crippen LogP contribution is 2.24. The van der Waals surface area contributed by atoms with Crippen molar-refractivity contribution in [2.45, 2.75) is 76.1 Å². The van der Waals surface area contributed by atoms with Crippen molar-refractivity contribution >= 4 is 5.91 Å². The fourth-order valence-corrected chi connectivity index (χ4v) is 2.61. The lowest BCUT2D eigenvalue weighted by atomic mass is 9.95. The first kappa shape index (κ1) is 17.6. The monoisotopic (exact) mass is 320 g/mol. The lowest BCUT2D eigenvalue weighted by molar-refractivity contribution is -0.268. The number of ether oxygens (including phenoxy) is 1. The summed E-state index contributed by atoms with van der Waals surface area (Å²) in [5.41, 5.74) is 0. The van der Waals surface area contributed by atoms with E-state index in [2.05, 4.69) is 6.92 Å². The maximum absolute atomic E-state index is 12.3. The van der Waals surface area contributed by atoms with Gasteiger partial charge in [0.25, 0.3) is 0 Å². The number of carbonyl (C=O) groups excluding carboxylic acids is 1. The first-order valence-electron chi connectivity index (χ1n) is 8.57. The molecule has 1 aliphatic heterocycles. The Bertz CT molecular complexity index is 359. The van der Waals surface area contributed by atoms with Gasteiger partial charge < -0.3 is 30.1 Å². The van der Waals surface area contributed by atoms with E-state index in [9.17, 15) is 20.1 Å². The number of nitrogens with zero attached hydrogens (tertiary/aromatic N) is 1. The average molecular weight is 320 g/mol. The van der Waals surface area contributed by atoms with Crippen LogP contribution in [0.1, 0.15) is 46.8 Å². The maximum Gasteiger partial charge on any atom is 0.222 e. The summed E-state index contributed by atoms with van der Waals surface area (Å²) in [5.74, 6) is -0.363. The van der Waals surface area contributed by atoms with Gasteiger partial charge in [-0.05, 0) is 6.42 Å². The predicted molar refractivity (Wildman–Crippen MR) is 79.9 cm³/mol. The van der Waals surface area contributed by atoms with Crippen LogP contribution in [0.25, 0.3) is 0 Å². The molecule has 1 saturated heterocycles. The van der Waals surface area contributed by atoms with E-state index in [1.165, 1.54) is 0 Å². The molecule has 1 rings (SSSR count). The molecule has 1 unspecified atom stereocenters. The molecule has 7 heteroatoms. The highest BCUT2D eigenvalue weighted by atomic mass is 16.6. The molecule has 0 bridgehead atoms. The topological polar surface area (TPSA) is 110 Å². The van der Waals surface area contributed by atoms with Crippen LogP contribution in [0.2, 0.25) is 0 Å². The van der Waals surface area contributed by atoms with E-state index < -0.39 is 44.3 Å². The molecule has 0 aromatic carbocycles. The third-order valence-electron chi connectivity index (χ3n) is 4.04. The van der Waals surface area contributed by atoms with Crippen molar-refractivity contribution in [3.63, 3.8) is 0 Å². The van der Waals surface area contributed by atoms with Gasteiger partial charge in [0, 0.05) is 14.8 Å². The molecule has 1 aliphatic rings. The molecule has 0 radical (unpaired) electrons. The van der Waals surface area contributed by atoms with E-state index in [0.717, 1.165) is 30.6 Å². The van der Waals surface area contributed by atoms with E-state index in [4.69, 9.17) is 11.2 Å². The van der Waals surface area contributed by atoms with Crippen molar-refractivity contribution in [1.82, 2.24) is 4.90 Å². The fourth-order valence-electron chi connectivity index (χ4n) is 2.61. The molecule has 22 heavy (non-hydrogen) atoms. The Labute approximate surface area is 132 Å². The number of carbonyl (C=O) groups is 1. The zero-order valence-corrected chi connectivity index (χ0v) is 13.1. The molecule has 1 amide bonds. The molecule has 0 aliphatic carbocycles. The highest BCUT2D eigenvalue weighted by Gasteiger charge is 2.46. The Kier molecular flexibility index (Phi) is 7.54. The van der Waals surface area contributed by atoms with Gasteiger partial charge in [-0.1, -0.05) is 32.6 Å². The van der Waals surface area contributed by atoms with E-state index in [1.807, 2.05) is 0 Å². The lowest BCUT2D eigenvalue weighted by Gasteiger charge is -2.43. The molecule has 0 saturated carbocycles. The zero-order valence-electron chi connectivity index (χ0n) is 14.1. The average Bonchev–Trinajstić information content (AvgIpc) is 2.54. The second kappa shape index (κ2) is 9.42. The standard InChI is InChI=1S/C15H29NO6/c1-3-4-5-6-7-8-11(18)16(2)12-14(20)13(19)10(9-17)22-15(12)21/h10,12-15,17,19-21H,3-9H2,1-2H3/t10-,12-,13-,14-,15?/m1/s1/i2D. The molecule has 5 atom stereocenters. The largest absolute Gasteiger partial charge is 0.394 e. The number of aliphatic hydroxyl groups excluding tert-OH is 4. The van der Waals surface area contributed by atoms with Crippen molar-refractivity contribution in [1.29, 1.82) is 0 Å². The van der Waals surface area contributed by atoms with Crippen LogP contribution < -0.4 is 0 Å². The number of hydrogen-bond acceptors (Lipinski definition) is 6. The van der Waals surface area contributed by atoms with Crippen LogP contribution in [0.3, 0.4) is 0 Å². The van der Waals surface area contributed by atoms with Crippen LogP contribution in [-0.2, 0) is 9.53 Å². The van der Waals surface area contributed by atoms with Gasteiger partial charge in [-0.3, -0.25) is 4.79 Å². The van der Waals surface area contributed by atoms with Crippen molar-refractivity contribution in [2.24, 2.45) is 0 Å². The summed E-state index contributed by atoms with van der Waals surface area (Å²) in [7, 11) is -0.452. The van der Waals surface area contributed by atoms with Crippen LogP contribution in [0, 0.1) is 0 Å². The Balaban J connectivity index is 2.62. The van der Waals surface area contributed by atoms with Crippen molar-refractivity contribution in [3.8, 4) is 0 Å². The number of hydrogen-bond donors (Lipinski definition) is 4. The quantitative estimate of drug-likeness (QED) is 0.453. The predicted octanol–water partition coefficient (Wildman–Crippen LogP) is -0.395. The number of rotatable bonds is 8. The summed E-state index contributed by atoms with van der Waals surface area (Å²) in [4.78, 5) is 13.3. The van der Waals surface area contributed by atoms with E-state index in [1.54, 1.807) is 0 Å². The van der Waals surface area contributed by atoms with Crippen molar-refractivity contribution in [3.05, 3.63) is 0 Å². The van der Waals surface area contributed by atoms with Crippen LogP contribution >= 0.6 is 0 Å². The number of likely N-dealkylation sites (N-methyl/N-ethyl adjacent to an activating group) is 1. The smallest absolute Gasteiger partial charge is 0.222 e. The number of aliphatic hydroxyl groups is 4. The molecule has 7 nitrogen and oxygen atoms in total. The third-order valence-corrected chi connectivity index (χ3v) is 4.04. The first-order chi connectivity index (χ1) is 11.0. The molecule has 0 aromatic rings. The van der Waals surface area contributed by atoms with Crippen LogP contribution in [0.5, 0.6) is 0 Å². The van der Waals surface area contributed by atoms with Gasteiger partial charge in [0.15, 0.2) is 6.29 Å². The maximum atomic E-state index is 12.3. The van der Waals surface area contributed by atoms with Gasteiger partial charge in [-0.25, -0.2) is 0 Å². The minimum Gasteiger partial charge on any atom is -0.394 e. The van der Waals surface area contributed by atoms with Crippen LogP contribution in [-0.4, -0.2) is 75.5 Å². The first-order valence-corrected chi connectivity index (χ1v) is 7.87. The summed E-state index contributed by atoms with van der Waals surface area (Å²) in [5, 5.41) is 39.0. The molecular weight excluding hydrogens is 290 g/mol. The van der Waals surface area contributed by atoms with Crippen molar-refractivity contribution in [2.75, 3.05) is 13.6 Å². The molecule has 0 spiro atoms. The summed E-state index contributed by atoms with van der Waals surface area (Å²) in [6.45, 7) is 1.54. The normalized spacial score (nSPS) is 32.6. The van der Waals surface area contributed by atoms with Gasteiger partial charge in [0.2, 0.25) is 5.91 Å². The van der Waals surface area contributed by atoms with Gasteiger partial charge in [-0.2, -0.15) is 0 Å². The summed E-state index contributed by atoms with van der Waals surface area (Å²) < 4.78 is 12.5. The van der Waals surface area contributed by atoms with Gasteiger partial charge in [-0.15, -0.1) is 0 Å². The van der Waals surface area contributed by atoms with Crippen molar-refractivity contribution < 1.29 is 31.3 Å².